The summed E-state index contributed by atoms with van der Waals surface area (Å²) in [5.41, 5.74) is 4.97. The molecular formula is C11H15NO2S. The van der Waals surface area contributed by atoms with Gasteiger partial charge in [-0.2, -0.15) is 0 Å². The lowest BCUT2D eigenvalue weighted by Crippen LogP contribution is -2.42. The molecule has 15 heavy (non-hydrogen) atoms. The summed E-state index contributed by atoms with van der Waals surface area (Å²) in [6.45, 7) is 0.241. The Morgan fingerprint density at radius 2 is 2.40 bits per heavy atom. The number of rotatable bonds is 5. The van der Waals surface area contributed by atoms with Crippen LogP contribution in [0.1, 0.15) is 17.7 Å². The van der Waals surface area contributed by atoms with Crippen molar-refractivity contribution in [2.75, 3.05) is 6.54 Å². The zero-order valence-corrected chi connectivity index (χ0v) is 9.30. The Balaban J connectivity index is 2.21. The Labute approximate surface area is 92.9 Å². The van der Waals surface area contributed by atoms with E-state index < -0.39 is 11.4 Å². The molecule has 0 radical (unpaired) electrons. The average molecular weight is 225 g/mol. The fraction of sp³-hybridized carbons (Fsp3) is 0.545. The van der Waals surface area contributed by atoms with Crippen LogP contribution < -0.4 is 5.73 Å². The predicted molar refractivity (Wildman–Crippen MR) is 59.9 cm³/mol. The van der Waals surface area contributed by atoms with Crippen LogP contribution in [0.15, 0.2) is 17.5 Å². The van der Waals surface area contributed by atoms with E-state index in [4.69, 9.17) is 5.73 Å². The minimum Gasteiger partial charge on any atom is -0.481 e. The monoisotopic (exact) mass is 225 g/mol. The molecule has 0 amide bonds. The van der Waals surface area contributed by atoms with Gasteiger partial charge in [0.2, 0.25) is 0 Å². The highest BCUT2D eigenvalue weighted by Crippen LogP contribution is 2.47. The molecule has 0 aliphatic heterocycles. The van der Waals surface area contributed by atoms with Crippen LogP contribution in [0.25, 0.3) is 0 Å². The first-order valence-electron chi connectivity index (χ1n) is 5.15. The Morgan fingerprint density at radius 1 is 1.67 bits per heavy atom. The van der Waals surface area contributed by atoms with E-state index in [0.29, 0.717) is 6.42 Å². The molecule has 1 aromatic rings. The topological polar surface area (TPSA) is 63.3 Å². The summed E-state index contributed by atoms with van der Waals surface area (Å²) < 4.78 is 0. The van der Waals surface area contributed by atoms with Crippen molar-refractivity contribution in [3.63, 3.8) is 0 Å². The normalized spacial score (nSPS) is 19.8. The largest absolute Gasteiger partial charge is 0.481 e. The van der Waals surface area contributed by atoms with Crippen LogP contribution in [0.5, 0.6) is 0 Å². The molecule has 0 bridgehead atoms. The SMILES string of the molecule is NCC(Cc1cccs1)(C(=O)O)C1CC1. The maximum Gasteiger partial charge on any atom is 0.311 e. The van der Waals surface area contributed by atoms with Gasteiger partial charge in [0.1, 0.15) is 0 Å². The molecule has 0 aromatic carbocycles. The van der Waals surface area contributed by atoms with Gasteiger partial charge in [-0.05, 0) is 36.6 Å². The zero-order valence-electron chi connectivity index (χ0n) is 8.48. The first kappa shape index (κ1) is 10.6. The number of thiophene rings is 1. The van der Waals surface area contributed by atoms with Gasteiger partial charge in [-0.15, -0.1) is 11.3 Å². The first-order chi connectivity index (χ1) is 7.19. The van der Waals surface area contributed by atoms with E-state index >= 15 is 0 Å². The van der Waals surface area contributed by atoms with Crippen molar-refractivity contribution in [1.29, 1.82) is 0 Å². The lowest BCUT2D eigenvalue weighted by Gasteiger charge is -2.27. The van der Waals surface area contributed by atoms with Gasteiger partial charge in [-0.3, -0.25) is 4.79 Å². The van der Waals surface area contributed by atoms with Crippen LogP contribution in [0, 0.1) is 11.3 Å². The summed E-state index contributed by atoms with van der Waals surface area (Å²) in [5, 5.41) is 11.3. The van der Waals surface area contributed by atoms with Crippen molar-refractivity contribution in [2.45, 2.75) is 19.3 Å². The van der Waals surface area contributed by atoms with Crippen LogP contribution in [0.4, 0.5) is 0 Å². The van der Waals surface area contributed by atoms with Gasteiger partial charge >= 0.3 is 5.97 Å². The number of carbonyl (C=O) groups is 1. The highest BCUT2D eigenvalue weighted by molar-refractivity contribution is 7.09. The lowest BCUT2D eigenvalue weighted by molar-refractivity contribution is -0.149. The van der Waals surface area contributed by atoms with Crippen LogP contribution >= 0.6 is 11.3 Å². The number of nitrogens with two attached hydrogens (primary N) is 1. The smallest absolute Gasteiger partial charge is 0.311 e. The Morgan fingerprint density at radius 3 is 2.80 bits per heavy atom. The van der Waals surface area contributed by atoms with Gasteiger partial charge < -0.3 is 10.8 Å². The molecule has 1 aliphatic rings. The molecule has 3 N–H and O–H groups in total. The summed E-state index contributed by atoms with van der Waals surface area (Å²) >= 11 is 1.61. The van der Waals surface area contributed by atoms with Crippen LogP contribution in [0.3, 0.4) is 0 Å². The fourth-order valence-electron chi connectivity index (χ4n) is 2.08. The maximum absolute atomic E-state index is 11.4. The maximum atomic E-state index is 11.4. The van der Waals surface area contributed by atoms with Gasteiger partial charge in [0.15, 0.2) is 0 Å². The van der Waals surface area contributed by atoms with E-state index in [-0.39, 0.29) is 12.5 Å². The highest BCUT2D eigenvalue weighted by Gasteiger charge is 2.50. The van der Waals surface area contributed by atoms with Gasteiger partial charge in [0.05, 0.1) is 5.41 Å². The standard InChI is InChI=1S/C11H15NO2S/c12-7-11(10(13)14,8-3-4-8)6-9-2-1-5-15-9/h1-2,5,8H,3-4,6-7,12H2,(H,13,14). The van der Waals surface area contributed by atoms with Crippen molar-refractivity contribution >= 4 is 17.3 Å². The Kier molecular flexibility index (Phi) is 2.80. The molecule has 4 heteroatoms. The predicted octanol–water partition coefficient (Wildman–Crippen LogP) is 1.73. The molecule has 1 unspecified atom stereocenters. The third kappa shape index (κ3) is 1.92. The minimum absolute atomic E-state index is 0.241. The lowest BCUT2D eigenvalue weighted by atomic mass is 9.79. The number of carboxylic acids is 1. The quantitative estimate of drug-likeness (QED) is 0.802. The van der Waals surface area contributed by atoms with E-state index in [2.05, 4.69) is 0 Å². The summed E-state index contributed by atoms with van der Waals surface area (Å²) in [4.78, 5) is 12.5. The molecule has 1 aromatic heterocycles. The molecule has 82 valence electrons. The van der Waals surface area contributed by atoms with Crippen LogP contribution in [-0.2, 0) is 11.2 Å². The summed E-state index contributed by atoms with van der Waals surface area (Å²) in [6.07, 6.45) is 2.60. The van der Waals surface area contributed by atoms with Gasteiger partial charge in [-0.25, -0.2) is 0 Å². The summed E-state index contributed by atoms with van der Waals surface area (Å²) in [6, 6.07) is 3.94. The molecule has 0 saturated heterocycles. The van der Waals surface area contributed by atoms with E-state index in [1.54, 1.807) is 11.3 Å². The average Bonchev–Trinajstić information content (AvgIpc) is 2.94. The molecule has 1 fully saturated rings. The van der Waals surface area contributed by atoms with Crippen molar-refractivity contribution in [1.82, 2.24) is 0 Å². The molecule has 3 nitrogen and oxygen atoms in total. The minimum atomic E-state index is -0.735. The molecule has 1 heterocycles. The Bertz CT molecular complexity index is 345. The third-order valence-electron chi connectivity index (χ3n) is 3.22. The third-order valence-corrected chi connectivity index (χ3v) is 4.10. The number of carboxylic acid groups (broad SMARTS) is 1. The second-order valence-electron chi connectivity index (χ2n) is 4.20. The molecular weight excluding hydrogens is 210 g/mol. The summed E-state index contributed by atoms with van der Waals surface area (Å²) in [5.74, 6) is -0.456. The fourth-order valence-corrected chi connectivity index (χ4v) is 2.91. The number of hydrogen-bond acceptors (Lipinski definition) is 3. The van der Waals surface area contributed by atoms with E-state index in [1.807, 2.05) is 17.5 Å². The summed E-state index contributed by atoms with van der Waals surface area (Å²) in [7, 11) is 0. The van der Waals surface area contributed by atoms with Gasteiger partial charge in [0.25, 0.3) is 0 Å². The number of aliphatic carboxylic acids is 1. The second-order valence-corrected chi connectivity index (χ2v) is 5.23. The highest BCUT2D eigenvalue weighted by atomic mass is 32.1. The van der Waals surface area contributed by atoms with Crippen molar-refractivity contribution in [3.05, 3.63) is 22.4 Å². The zero-order chi connectivity index (χ0) is 10.9. The molecule has 1 aliphatic carbocycles. The van der Waals surface area contributed by atoms with Crippen molar-refractivity contribution < 1.29 is 9.90 Å². The first-order valence-corrected chi connectivity index (χ1v) is 6.03. The van der Waals surface area contributed by atoms with Crippen LogP contribution in [-0.4, -0.2) is 17.6 Å². The molecule has 0 spiro atoms. The second kappa shape index (κ2) is 3.94. The van der Waals surface area contributed by atoms with Gasteiger partial charge in [-0.1, -0.05) is 6.07 Å². The van der Waals surface area contributed by atoms with E-state index in [0.717, 1.165) is 17.7 Å². The van der Waals surface area contributed by atoms with Crippen molar-refractivity contribution in [3.8, 4) is 0 Å². The van der Waals surface area contributed by atoms with Crippen molar-refractivity contribution in [2.24, 2.45) is 17.1 Å². The Hall–Kier alpha value is -0.870. The number of hydrogen-bond donors (Lipinski definition) is 2. The van der Waals surface area contributed by atoms with E-state index in [1.165, 1.54) is 0 Å². The van der Waals surface area contributed by atoms with Crippen LogP contribution in [0.2, 0.25) is 0 Å². The molecule has 1 atom stereocenters. The van der Waals surface area contributed by atoms with Gasteiger partial charge in [0, 0.05) is 11.4 Å². The molecule has 2 rings (SSSR count). The molecule has 1 saturated carbocycles. The van der Waals surface area contributed by atoms with E-state index in [9.17, 15) is 9.90 Å².